The van der Waals surface area contributed by atoms with Crippen molar-refractivity contribution in [2.45, 2.75) is 0 Å². The minimum absolute atomic E-state index is 0.0129. The van der Waals surface area contributed by atoms with Crippen LogP contribution in [0.2, 0.25) is 10.0 Å². The van der Waals surface area contributed by atoms with Gasteiger partial charge in [0, 0.05) is 15.6 Å². The van der Waals surface area contributed by atoms with Crippen LogP contribution in [0.3, 0.4) is 0 Å². The predicted molar refractivity (Wildman–Crippen MR) is 78.4 cm³/mol. The van der Waals surface area contributed by atoms with Gasteiger partial charge in [-0.15, -0.1) is 47.3 Å². The van der Waals surface area contributed by atoms with Crippen LogP contribution in [-0.2, 0) is 0 Å². The molecule has 0 aliphatic rings. The number of rotatable bonds is 0. The fraction of sp³-hybridized carbons (Fsp3) is 0. The van der Waals surface area contributed by atoms with Crippen molar-refractivity contribution in [1.29, 1.82) is 0 Å². The van der Waals surface area contributed by atoms with Crippen LogP contribution in [0, 0.1) is 0 Å². The predicted octanol–water partition coefficient (Wildman–Crippen LogP) is 5.62. The van der Waals surface area contributed by atoms with E-state index in [9.17, 15) is 0 Å². The van der Waals surface area contributed by atoms with Gasteiger partial charge in [0.25, 0.3) is 0 Å². The first kappa shape index (κ1) is 15.6. The highest BCUT2D eigenvalue weighted by molar-refractivity contribution is 9.69. The molecular formula is C6H3BBr4Cl2O. The molecule has 0 unspecified atom stereocenters. The van der Waals surface area contributed by atoms with Crippen LogP contribution in [-0.4, -0.2) is 8.29 Å². The van der Waals surface area contributed by atoms with E-state index in [0.29, 0.717) is 9.50 Å². The van der Waals surface area contributed by atoms with Gasteiger partial charge in [-0.2, -0.15) is 0 Å². The van der Waals surface area contributed by atoms with Gasteiger partial charge in [-0.25, -0.2) is 0 Å². The van der Waals surface area contributed by atoms with Gasteiger partial charge in [0.1, 0.15) is 5.75 Å². The molecule has 1 nitrogen and oxygen atoms in total. The van der Waals surface area contributed by atoms with Crippen molar-refractivity contribution in [1.82, 2.24) is 0 Å². The van der Waals surface area contributed by atoms with E-state index in [2.05, 4.69) is 63.2 Å². The van der Waals surface area contributed by atoms with Crippen LogP contribution in [0.15, 0.2) is 16.6 Å². The molecule has 0 amide bonds. The third kappa shape index (κ3) is 6.96. The fourth-order valence-electron chi connectivity index (χ4n) is 0.542. The summed E-state index contributed by atoms with van der Waals surface area (Å²) in [6.07, 6.45) is 0. The van der Waals surface area contributed by atoms with Gasteiger partial charge in [0.05, 0.1) is 5.02 Å². The lowest BCUT2D eigenvalue weighted by molar-refractivity contribution is 0.475. The Balaban J connectivity index is 0.000000364. The Morgan fingerprint density at radius 3 is 1.93 bits per heavy atom. The van der Waals surface area contributed by atoms with E-state index >= 15 is 0 Å². The molecule has 78 valence electrons. The average molecular weight is 492 g/mol. The normalized spacial score (nSPS) is 9.00. The van der Waals surface area contributed by atoms with Gasteiger partial charge < -0.3 is 5.11 Å². The van der Waals surface area contributed by atoms with Crippen molar-refractivity contribution >= 4 is 89.6 Å². The summed E-state index contributed by atoms with van der Waals surface area (Å²) in [5, 5.41) is 9.77. The lowest BCUT2D eigenvalue weighted by Gasteiger charge is -1.98. The minimum Gasteiger partial charge on any atom is -0.506 e. The molecule has 1 N–H and O–H groups in total. The van der Waals surface area contributed by atoms with E-state index < -0.39 is 0 Å². The molecule has 0 aliphatic heterocycles. The third-order valence-electron chi connectivity index (χ3n) is 0.974. The smallest absolute Gasteiger partial charge is 0.369 e. The van der Waals surface area contributed by atoms with Gasteiger partial charge in [-0.3, -0.25) is 0 Å². The summed E-state index contributed by atoms with van der Waals surface area (Å²) < 4.78 is 0.867. The maximum atomic E-state index is 9.03. The SMILES string of the molecule is BrB(Br)Br.Oc1cc(Cl)cc(Br)c1Cl. The molecule has 0 aliphatic carbocycles. The Morgan fingerprint density at radius 2 is 1.57 bits per heavy atom. The molecule has 0 fully saturated rings. The largest absolute Gasteiger partial charge is 0.506 e. The maximum absolute atomic E-state index is 9.03. The molecule has 1 aromatic rings. The molecule has 1 rings (SSSR count). The second-order valence-electron chi connectivity index (χ2n) is 1.97. The van der Waals surface area contributed by atoms with Crippen LogP contribution >= 0.6 is 86.4 Å². The molecule has 0 spiro atoms. The summed E-state index contributed by atoms with van der Waals surface area (Å²) in [5.74, 6) is -0.0129. The molecular weight excluding hydrogens is 489 g/mol. The molecule has 0 aromatic heterocycles. The number of halogens is 6. The maximum Gasteiger partial charge on any atom is 0.369 e. The lowest BCUT2D eigenvalue weighted by Crippen LogP contribution is -1.71. The van der Waals surface area contributed by atoms with E-state index in [-0.39, 0.29) is 14.0 Å². The van der Waals surface area contributed by atoms with E-state index in [1.54, 1.807) is 6.07 Å². The summed E-state index contributed by atoms with van der Waals surface area (Å²) in [5.41, 5.74) is 0. The lowest BCUT2D eigenvalue weighted by atomic mass is 10.3. The van der Waals surface area contributed by atoms with E-state index in [1.165, 1.54) is 6.07 Å². The molecule has 0 atom stereocenters. The van der Waals surface area contributed by atoms with Gasteiger partial charge in [0.2, 0.25) is 0 Å². The zero-order chi connectivity index (χ0) is 11.3. The van der Waals surface area contributed by atoms with Gasteiger partial charge in [-0.1, -0.05) is 23.2 Å². The van der Waals surface area contributed by atoms with Crippen molar-refractivity contribution in [3.05, 3.63) is 26.7 Å². The standard InChI is InChI=1S/C6H3BrCl2O.BBr3/c7-4-1-3(8)2-5(10)6(4)9;2-1(3)4/h1-2,10H;. The minimum atomic E-state index is -0.0129. The Bertz CT molecular complexity index is 284. The van der Waals surface area contributed by atoms with Crippen molar-refractivity contribution in [3.8, 4) is 5.75 Å². The second-order valence-corrected chi connectivity index (χ2v) is 10.1. The first-order valence-electron chi connectivity index (χ1n) is 3.10. The van der Waals surface area contributed by atoms with Gasteiger partial charge in [-0.05, 0) is 22.0 Å². The average Bonchev–Trinajstić information content (AvgIpc) is 1.98. The van der Waals surface area contributed by atoms with Crippen LogP contribution in [0.5, 0.6) is 5.75 Å². The number of hydrogen-bond donors (Lipinski definition) is 1. The highest BCUT2D eigenvalue weighted by Crippen LogP contribution is 2.34. The topological polar surface area (TPSA) is 20.2 Å². The quantitative estimate of drug-likeness (QED) is 0.369. The van der Waals surface area contributed by atoms with Crippen molar-refractivity contribution < 1.29 is 5.11 Å². The Kier molecular flexibility index (Phi) is 8.68. The second kappa shape index (κ2) is 7.79. The van der Waals surface area contributed by atoms with E-state index in [0.717, 1.165) is 0 Å². The van der Waals surface area contributed by atoms with Crippen molar-refractivity contribution in [3.63, 3.8) is 0 Å². The summed E-state index contributed by atoms with van der Waals surface area (Å²) in [6, 6.07) is 3.00. The number of hydrogen-bond acceptors (Lipinski definition) is 1. The number of aromatic hydroxyl groups is 1. The molecule has 0 saturated heterocycles. The zero-order valence-electron chi connectivity index (χ0n) is 6.45. The summed E-state index contributed by atoms with van der Waals surface area (Å²) in [6.45, 7) is 0. The summed E-state index contributed by atoms with van der Waals surface area (Å²) in [7, 11) is 0. The first-order chi connectivity index (χ1) is 6.34. The third-order valence-corrected chi connectivity index (χ3v) is 2.44. The highest BCUT2D eigenvalue weighted by atomic mass is 79.9. The van der Waals surface area contributed by atoms with Gasteiger partial charge in [0.15, 0.2) is 0 Å². The molecule has 0 bridgehead atoms. The van der Waals surface area contributed by atoms with Gasteiger partial charge >= 0.3 is 3.18 Å². The Labute approximate surface area is 126 Å². The Morgan fingerprint density at radius 1 is 1.14 bits per heavy atom. The fourth-order valence-corrected chi connectivity index (χ4v) is 1.45. The molecule has 0 heterocycles. The highest BCUT2D eigenvalue weighted by Gasteiger charge is 2.03. The van der Waals surface area contributed by atoms with E-state index in [4.69, 9.17) is 28.3 Å². The molecule has 14 heavy (non-hydrogen) atoms. The molecule has 0 saturated carbocycles. The summed E-state index contributed by atoms with van der Waals surface area (Å²) in [4.78, 5) is 0. The number of benzene rings is 1. The van der Waals surface area contributed by atoms with Crippen LogP contribution in [0.4, 0.5) is 0 Å². The van der Waals surface area contributed by atoms with Crippen LogP contribution in [0.1, 0.15) is 0 Å². The van der Waals surface area contributed by atoms with Crippen molar-refractivity contribution in [2.75, 3.05) is 0 Å². The van der Waals surface area contributed by atoms with Crippen LogP contribution < -0.4 is 0 Å². The Hall–Kier alpha value is 1.58. The number of phenolic OH excluding ortho intramolecular Hbond substituents is 1. The molecule has 1 aromatic carbocycles. The van der Waals surface area contributed by atoms with E-state index in [1.807, 2.05) is 0 Å². The van der Waals surface area contributed by atoms with Crippen molar-refractivity contribution in [2.24, 2.45) is 0 Å². The zero-order valence-corrected chi connectivity index (χ0v) is 14.3. The summed E-state index contributed by atoms with van der Waals surface area (Å²) >= 11 is 23.6. The first-order valence-corrected chi connectivity index (χ1v) is 7.40. The monoisotopic (exact) mass is 488 g/mol. The molecule has 8 heteroatoms. The van der Waals surface area contributed by atoms with Crippen LogP contribution in [0.25, 0.3) is 0 Å². The number of phenols is 1. The molecule has 0 radical (unpaired) electrons.